The van der Waals surface area contributed by atoms with E-state index in [1.165, 1.54) is 5.56 Å². The molecule has 0 spiro atoms. The van der Waals surface area contributed by atoms with Gasteiger partial charge in [-0.1, -0.05) is 24.3 Å². The van der Waals surface area contributed by atoms with Crippen LogP contribution in [-0.4, -0.2) is 68.7 Å². The lowest BCUT2D eigenvalue weighted by molar-refractivity contribution is 0.0746. The molecule has 2 aromatic carbocycles. The van der Waals surface area contributed by atoms with Crippen LogP contribution in [0.4, 0.5) is 0 Å². The van der Waals surface area contributed by atoms with Gasteiger partial charge in [0.05, 0.1) is 5.52 Å². The van der Waals surface area contributed by atoms with Crippen molar-refractivity contribution in [1.82, 2.24) is 29.5 Å². The largest absolute Gasteiger partial charge is 0.337 e. The van der Waals surface area contributed by atoms with Crippen LogP contribution in [0.2, 0.25) is 0 Å². The number of carbonyl (C=O) groups is 1. The van der Waals surface area contributed by atoms with Gasteiger partial charge in [-0.05, 0) is 55.3 Å². The first-order valence-electron chi connectivity index (χ1n) is 10.9. The predicted octanol–water partition coefficient (Wildman–Crippen LogP) is 3.06. The number of para-hydroxylation sites is 1. The Kier molecular flexibility index (Phi) is 5.64. The molecule has 3 heterocycles. The Bertz CT molecular complexity index is 1220. The first-order chi connectivity index (χ1) is 15.7. The summed E-state index contributed by atoms with van der Waals surface area (Å²) < 4.78 is 1.81. The normalized spacial score (nSPS) is 17.4. The Hall–Kier alpha value is -3.58. The Morgan fingerprint density at radius 3 is 2.72 bits per heavy atom. The molecule has 0 radical (unpaired) electrons. The van der Waals surface area contributed by atoms with E-state index < -0.39 is 0 Å². The van der Waals surface area contributed by atoms with Gasteiger partial charge in [-0.2, -0.15) is 0 Å². The van der Waals surface area contributed by atoms with Gasteiger partial charge in [-0.3, -0.25) is 14.3 Å². The second-order valence-electron chi connectivity index (χ2n) is 8.54. The molecular formula is C25H26N6O. The fraction of sp³-hybridized carbons (Fsp3) is 0.280. The lowest BCUT2D eigenvalue weighted by Gasteiger charge is -2.24. The van der Waals surface area contributed by atoms with Crippen LogP contribution < -0.4 is 0 Å². The summed E-state index contributed by atoms with van der Waals surface area (Å²) in [5.41, 5.74) is 3.79. The Balaban J connectivity index is 1.35. The zero-order valence-electron chi connectivity index (χ0n) is 18.1. The minimum Gasteiger partial charge on any atom is -0.337 e. The van der Waals surface area contributed by atoms with Crippen LogP contribution in [0.5, 0.6) is 0 Å². The highest BCUT2D eigenvalue weighted by Gasteiger charge is 2.25. The van der Waals surface area contributed by atoms with Crippen molar-refractivity contribution in [2.75, 3.05) is 33.2 Å². The average molecular weight is 427 g/mol. The SMILES string of the molecule is CN1CCN(C(=O)c2cccc(-n3cnnc3)c2)C[C@H](Cc2cnc3ccccc3c2)C1. The fourth-order valence-corrected chi connectivity index (χ4v) is 4.48. The highest BCUT2D eigenvalue weighted by atomic mass is 16.2. The van der Waals surface area contributed by atoms with Gasteiger partial charge >= 0.3 is 0 Å². The number of hydrogen-bond donors (Lipinski definition) is 0. The Morgan fingerprint density at radius 2 is 1.84 bits per heavy atom. The number of rotatable bonds is 4. The van der Waals surface area contributed by atoms with E-state index in [1.807, 2.05) is 58.1 Å². The molecule has 7 heteroatoms. The van der Waals surface area contributed by atoms with Gasteiger partial charge in [0, 0.05) is 49.0 Å². The molecule has 1 amide bonds. The van der Waals surface area contributed by atoms with Crippen molar-refractivity contribution in [3.05, 3.63) is 84.6 Å². The lowest BCUT2D eigenvalue weighted by Crippen LogP contribution is -2.36. The van der Waals surface area contributed by atoms with E-state index >= 15 is 0 Å². The zero-order valence-corrected chi connectivity index (χ0v) is 18.1. The van der Waals surface area contributed by atoms with Crippen LogP contribution in [0.25, 0.3) is 16.6 Å². The van der Waals surface area contributed by atoms with Crippen LogP contribution in [-0.2, 0) is 6.42 Å². The monoisotopic (exact) mass is 426 g/mol. The molecule has 0 bridgehead atoms. The number of likely N-dealkylation sites (N-methyl/N-ethyl adjacent to an activating group) is 1. The predicted molar refractivity (Wildman–Crippen MR) is 124 cm³/mol. The van der Waals surface area contributed by atoms with Gasteiger partial charge in [0.1, 0.15) is 12.7 Å². The van der Waals surface area contributed by atoms with Gasteiger partial charge in [0.2, 0.25) is 0 Å². The van der Waals surface area contributed by atoms with E-state index in [2.05, 4.69) is 39.3 Å². The van der Waals surface area contributed by atoms with Crippen molar-refractivity contribution in [3.63, 3.8) is 0 Å². The molecule has 1 atom stereocenters. The number of pyridine rings is 1. The third-order valence-electron chi connectivity index (χ3n) is 6.07. The number of carbonyl (C=O) groups excluding carboxylic acids is 1. The summed E-state index contributed by atoms with van der Waals surface area (Å²) >= 11 is 0. The topological polar surface area (TPSA) is 67.2 Å². The lowest BCUT2D eigenvalue weighted by atomic mass is 9.98. The van der Waals surface area contributed by atoms with E-state index in [-0.39, 0.29) is 5.91 Å². The molecule has 0 N–H and O–H groups in total. The zero-order chi connectivity index (χ0) is 21.9. The fourth-order valence-electron chi connectivity index (χ4n) is 4.48. The van der Waals surface area contributed by atoms with E-state index in [4.69, 9.17) is 0 Å². The first-order valence-corrected chi connectivity index (χ1v) is 10.9. The van der Waals surface area contributed by atoms with E-state index in [0.29, 0.717) is 11.5 Å². The van der Waals surface area contributed by atoms with Gasteiger partial charge in [0.25, 0.3) is 5.91 Å². The number of fused-ring (bicyclic) bond motifs is 1. The summed E-state index contributed by atoms with van der Waals surface area (Å²) in [7, 11) is 2.13. The molecule has 0 saturated carbocycles. The van der Waals surface area contributed by atoms with Gasteiger partial charge in [-0.15, -0.1) is 10.2 Å². The standard InChI is InChI=1S/C25H26N6O/c1-29-9-10-30(25(32)22-6-4-7-23(13-22)31-17-27-28-18-31)16-20(15-29)11-19-12-21-5-2-3-8-24(21)26-14-19/h2-8,12-14,17-18,20H,9-11,15-16H2,1H3/t20-/m1/s1. The second kappa shape index (κ2) is 8.88. The maximum atomic E-state index is 13.4. The average Bonchev–Trinajstić information content (AvgIpc) is 3.30. The van der Waals surface area contributed by atoms with Crippen molar-refractivity contribution in [2.45, 2.75) is 6.42 Å². The van der Waals surface area contributed by atoms with Crippen LogP contribution in [0.15, 0.2) is 73.4 Å². The van der Waals surface area contributed by atoms with Gasteiger partial charge < -0.3 is 9.80 Å². The molecule has 7 nitrogen and oxygen atoms in total. The van der Waals surface area contributed by atoms with Crippen molar-refractivity contribution >= 4 is 16.8 Å². The van der Waals surface area contributed by atoms with Gasteiger partial charge in [0.15, 0.2) is 0 Å². The summed E-state index contributed by atoms with van der Waals surface area (Å²) in [5.74, 6) is 0.410. The van der Waals surface area contributed by atoms with Crippen LogP contribution >= 0.6 is 0 Å². The molecule has 162 valence electrons. The molecule has 1 saturated heterocycles. The summed E-state index contributed by atoms with van der Waals surface area (Å²) in [6, 6.07) is 18.1. The van der Waals surface area contributed by atoms with Crippen molar-refractivity contribution in [2.24, 2.45) is 5.92 Å². The molecule has 32 heavy (non-hydrogen) atoms. The molecule has 1 aliphatic rings. The molecule has 0 unspecified atom stereocenters. The highest BCUT2D eigenvalue weighted by Crippen LogP contribution is 2.20. The molecule has 2 aromatic heterocycles. The molecule has 1 aliphatic heterocycles. The molecule has 0 aliphatic carbocycles. The van der Waals surface area contributed by atoms with Crippen LogP contribution in [0, 0.1) is 5.92 Å². The van der Waals surface area contributed by atoms with Gasteiger partial charge in [-0.25, -0.2) is 0 Å². The second-order valence-corrected chi connectivity index (χ2v) is 8.54. The summed E-state index contributed by atoms with van der Waals surface area (Å²) in [6.45, 7) is 3.27. The van der Waals surface area contributed by atoms with Crippen molar-refractivity contribution in [1.29, 1.82) is 0 Å². The molecular weight excluding hydrogens is 400 g/mol. The quantitative estimate of drug-likeness (QED) is 0.502. The third kappa shape index (κ3) is 4.38. The Morgan fingerprint density at radius 1 is 1.00 bits per heavy atom. The van der Waals surface area contributed by atoms with E-state index in [0.717, 1.165) is 49.2 Å². The maximum Gasteiger partial charge on any atom is 0.253 e. The van der Waals surface area contributed by atoms with E-state index in [1.54, 1.807) is 12.7 Å². The molecule has 1 fully saturated rings. The van der Waals surface area contributed by atoms with Crippen molar-refractivity contribution in [3.8, 4) is 5.69 Å². The van der Waals surface area contributed by atoms with Crippen LogP contribution in [0.3, 0.4) is 0 Å². The number of aromatic nitrogens is 4. The summed E-state index contributed by atoms with van der Waals surface area (Å²) in [4.78, 5) is 22.3. The summed E-state index contributed by atoms with van der Waals surface area (Å²) in [6.07, 6.45) is 6.14. The highest BCUT2D eigenvalue weighted by molar-refractivity contribution is 5.94. The number of hydrogen-bond acceptors (Lipinski definition) is 5. The van der Waals surface area contributed by atoms with Crippen LogP contribution in [0.1, 0.15) is 15.9 Å². The third-order valence-corrected chi connectivity index (χ3v) is 6.07. The summed E-state index contributed by atoms with van der Waals surface area (Å²) in [5, 5.41) is 8.88. The molecule has 4 aromatic rings. The van der Waals surface area contributed by atoms with Crippen molar-refractivity contribution < 1.29 is 4.79 Å². The number of benzene rings is 2. The minimum absolute atomic E-state index is 0.0665. The molecule has 5 rings (SSSR count). The number of amides is 1. The smallest absolute Gasteiger partial charge is 0.253 e. The minimum atomic E-state index is 0.0665. The number of nitrogens with zero attached hydrogens (tertiary/aromatic N) is 6. The Labute approximate surface area is 187 Å². The first kappa shape index (κ1) is 20.3. The maximum absolute atomic E-state index is 13.4. The van der Waals surface area contributed by atoms with E-state index in [9.17, 15) is 4.79 Å².